The first kappa shape index (κ1) is 15.3. The Balaban J connectivity index is 3.57. The number of nitrogens with one attached hydrogen (secondary N) is 1. The quantitative estimate of drug-likeness (QED) is 0.466. The van der Waals surface area contributed by atoms with Gasteiger partial charge in [-0.25, -0.2) is 0 Å². The smallest absolute Gasteiger partial charge is 0.325 e. The van der Waals surface area contributed by atoms with Gasteiger partial charge in [0.05, 0.1) is 19.8 Å². The summed E-state index contributed by atoms with van der Waals surface area (Å²) in [5, 5.41) is 3.05. The summed E-state index contributed by atoms with van der Waals surface area (Å²) in [6, 6.07) is 0. The minimum absolute atomic E-state index is 0.260. The Kier molecular flexibility index (Phi) is 8.15. The predicted octanol–water partition coefficient (Wildman–Crippen LogP) is 0.581. The molecule has 96 valence electrons. The van der Waals surface area contributed by atoms with E-state index in [1.165, 1.54) is 0 Å². The van der Waals surface area contributed by atoms with E-state index in [1.54, 1.807) is 21.0 Å². The van der Waals surface area contributed by atoms with Crippen molar-refractivity contribution < 1.29 is 19.0 Å². The van der Waals surface area contributed by atoms with Gasteiger partial charge in [0.2, 0.25) is 0 Å². The molecule has 0 radical (unpaired) electrons. The third-order valence-corrected chi connectivity index (χ3v) is 2.02. The number of methoxy groups -OCH3 is 1. The average molecular weight is 233 g/mol. The molecule has 0 unspecified atom stereocenters. The lowest BCUT2D eigenvalue weighted by Gasteiger charge is -2.23. The van der Waals surface area contributed by atoms with Gasteiger partial charge in [0, 0.05) is 7.11 Å². The molecule has 16 heavy (non-hydrogen) atoms. The molecular formula is C11H23NO4. The lowest BCUT2D eigenvalue weighted by molar-refractivity contribution is -0.151. The molecule has 0 aliphatic heterocycles. The number of hydrogen-bond acceptors (Lipinski definition) is 5. The van der Waals surface area contributed by atoms with Crippen LogP contribution in [0.1, 0.15) is 20.8 Å². The van der Waals surface area contributed by atoms with Gasteiger partial charge in [-0.05, 0) is 20.4 Å². The number of esters is 1. The molecule has 0 bridgehead atoms. The minimum Gasteiger partial charge on any atom is -0.462 e. The SMILES string of the molecule is CCNC(C)(C)C(=O)OCCOCCOC. The van der Waals surface area contributed by atoms with Crippen LogP contribution in [0.15, 0.2) is 0 Å². The zero-order valence-electron chi connectivity index (χ0n) is 10.7. The molecule has 5 nitrogen and oxygen atoms in total. The zero-order valence-corrected chi connectivity index (χ0v) is 10.7. The molecule has 0 saturated carbocycles. The van der Waals surface area contributed by atoms with Gasteiger partial charge in [-0.15, -0.1) is 0 Å². The van der Waals surface area contributed by atoms with E-state index in [2.05, 4.69) is 5.32 Å². The van der Waals surface area contributed by atoms with E-state index < -0.39 is 5.54 Å². The molecule has 0 fully saturated rings. The van der Waals surface area contributed by atoms with Crippen molar-refractivity contribution in [2.45, 2.75) is 26.3 Å². The Morgan fingerprint density at radius 3 is 2.38 bits per heavy atom. The molecular weight excluding hydrogens is 210 g/mol. The lowest BCUT2D eigenvalue weighted by Crippen LogP contribution is -2.47. The van der Waals surface area contributed by atoms with Crippen LogP contribution in [0.25, 0.3) is 0 Å². The Hall–Kier alpha value is -0.650. The molecule has 0 heterocycles. The van der Waals surface area contributed by atoms with Crippen LogP contribution in [0.4, 0.5) is 0 Å². The Morgan fingerprint density at radius 2 is 1.81 bits per heavy atom. The highest BCUT2D eigenvalue weighted by Gasteiger charge is 2.27. The first-order valence-electron chi connectivity index (χ1n) is 5.53. The summed E-state index contributed by atoms with van der Waals surface area (Å²) in [7, 11) is 1.61. The molecule has 0 atom stereocenters. The monoisotopic (exact) mass is 233 g/mol. The van der Waals surface area contributed by atoms with Crippen LogP contribution in [-0.2, 0) is 19.0 Å². The van der Waals surface area contributed by atoms with Gasteiger partial charge in [-0.2, -0.15) is 0 Å². The molecule has 0 aromatic rings. The normalized spacial score (nSPS) is 11.5. The number of likely N-dealkylation sites (N-methyl/N-ethyl adjacent to an activating group) is 1. The van der Waals surface area contributed by atoms with Gasteiger partial charge >= 0.3 is 5.97 Å². The fourth-order valence-corrected chi connectivity index (χ4v) is 1.13. The minimum atomic E-state index is -0.638. The summed E-state index contributed by atoms with van der Waals surface area (Å²) in [5.41, 5.74) is -0.638. The third kappa shape index (κ3) is 6.76. The molecule has 0 aliphatic carbocycles. The molecule has 1 N–H and O–H groups in total. The number of hydrogen-bond donors (Lipinski definition) is 1. The second kappa shape index (κ2) is 8.50. The van der Waals surface area contributed by atoms with E-state index in [9.17, 15) is 4.79 Å². The van der Waals surface area contributed by atoms with Crippen molar-refractivity contribution in [3.63, 3.8) is 0 Å². The standard InChI is InChI=1S/C11H23NO4/c1-5-12-11(2,3)10(13)16-9-8-15-7-6-14-4/h12H,5-9H2,1-4H3. The second-order valence-corrected chi connectivity index (χ2v) is 3.90. The molecule has 0 saturated heterocycles. The van der Waals surface area contributed by atoms with Gasteiger partial charge in [-0.3, -0.25) is 4.79 Å². The first-order chi connectivity index (χ1) is 7.54. The Labute approximate surface area is 97.4 Å². The van der Waals surface area contributed by atoms with Crippen LogP contribution in [0, 0.1) is 0 Å². The number of rotatable bonds is 9. The molecule has 5 heteroatoms. The fraction of sp³-hybridized carbons (Fsp3) is 0.909. The highest BCUT2D eigenvalue weighted by Crippen LogP contribution is 2.04. The number of carbonyl (C=O) groups is 1. The van der Waals surface area contributed by atoms with E-state index in [0.29, 0.717) is 19.8 Å². The van der Waals surface area contributed by atoms with Crippen LogP contribution >= 0.6 is 0 Å². The van der Waals surface area contributed by atoms with E-state index in [4.69, 9.17) is 14.2 Å². The Morgan fingerprint density at radius 1 is 1.19 bits per heavy atom. The summed E-state index contributed by atoms with van der Waals surface area (Å²) in [6.45, 7) is 8.01. The molecule has 0 amide bonds. The van der Waals surface area contributed by atoms with Crippen molar-refractivity contribution in [1.82, 2.24) is 5.32 Å². The zero-order chi connectivity index (χ0) is 12.4. The molecule has 0 rings (SSSR count). The van der Waals surface area contributed by atoms with Gasteiger partial charge in [0.25, 0.3) is 0 Å². The Bertz CT molecular complexity index is 194. The van der Waals surface area contributed by atoms with Crippen molar-refractivity contribution in [3.8, 4) is 0 Å². The highest BCUT2D eigenvalue weighted by atomic mass is 16.6. The predicted molar refractivity (Wildman–Crippen MR) is 61.4 cm³/mol. The van der Waals surface area contributed by atoms with Crippen LogP contribution in [0.3, 0.4) is 0 Å². The van der Waals surface area contributed by atoms with Crippen molar-refractivity contribution in [2.24, 2.45) is 0 Å². The summed E-state index contributed by atoms with van der Waals surface area (Å²) in [6.07, 6.45) is 0. The van der Waals surface area contributed by atoms with Crippen molar-refractivity contribution in [2.75, 3.05) is 40.1 Å². The fourth-order valence-electron chi connectivity index (χ4n) is 1.13. The van der Waals surface area contributed by atoms with Crippen molar-refractivity contribution >= 4 is 5.97 Å². The maximum Gasteiger partial charge on any atom is 0.325 e. The van der Waals surface area contributed by atoms with E-state index in [-0.39, 0.29) is 12.6 Å². The average Bonchev–Trinajstić information content (AvgIpc) is 2.22. The van der Waals surface area contributed by atoms with Crippen LogP contribution in [0.5, 0.6) is 0 Å². The maximum atomic E-state index is 11.6. The van der Waals surface area contributed by atoms with Crippen LogP contribution in [-0.4, -0.2) is 51.6 Å². The highest BCUT2D eigenvalue weighted by molar-refractivity contribution is 5.79. The lowest BCUT2D eigenvalue weighted by atomic mass is 10.1. The van der Waals surface area contributed by atoms with E-state index in [1.807, 2.05) is 6.92 Å². The molecule has 0 aromatic heterocycles. The summed E-state index contributed by atoms with van der Waals surface area (Å²) >= 11 is 0. The van der Waals surface area contributed by atoms with Gasteiger partial charge in [0.1, 0.15) is 12.1 Å². The second-order valence-electron chi connectivity index (χ2n) is 3.90. The number of ether oxygens (including phenoxy) is 3. The first-order valence-corrected chi connectivity index (χ1v) is 5.53. The molecule has 0 aliphatic rings. The molecule has 0 aromatic carbocycles. The van der Waals surface area contributed by atoms with E-state index >= 15 is 0 Å². The van der Waals surface area contributed by atoms with Crippen LogP contribution < -0.4 is 5.32 Å². The van der Waals surface area contributed by atoms with Crippen molar-refractivity contribution in [1.29, 1.82) is 0 Å². The van der Waals surface area contributed by atoms with Gasteiger partial charge in [-0.1, -0.05) is 6.92 Å². The number of carbonyl (C=O) groups excluding carboxylic acids is 1. The third-order valence-electron chi connectivity index (χ3n) is 2.02. The summed E-state index contributed by atoms with van der Waals surface area (Å²) in [5.74, 6) is -0.260. The van der Waals surface area contributed by atoms with Crippen molar-refractivity contribution in [3.05, 3.63) is 0 Å². The summed E-state index contributed by atoms with van der Waals surface area (Å²) < 4.78 is 15.1. The largest absolute Gasteiger partial charge is 0.462 e. The maximum absolute atomic E-state index is 11.6. The summed E-state index contributed by atoms with van der Waals surface area (Å²) in [4.78, 5) is 11.6. The van der Waals surface area contributed by atoms with Gasteiger partial charge < -0.3 is 19.5 Å². The van der Waals surface area contributed by atoms with E-state index in [0.717, 1.165) is 6.54 Å². The topological polar surface area (TPSA) is 56.8 Å². The van der Waals surface area contributed by atoms with Crippen LogP contribution in [0.2, 0.25) is 0 Å². The van der Waals surface area contributed by atoms with Gasteiger partial charge in [0.15, 0.2) is 0 Å². The molecule has 0 spiro atoms.